The molecule has 2 aromatic rings. The van der Waals surface area contributed by atoms with Gasteiger partial charge in [-0.15, -0.1) is 0 Å². The van der Waals surface area contributed by atoms with E-state index in [4.69, 9.17) is 9.47 Å². The molecule has 4 nitrogen and oxygen atoms in total. The SMILES string of the molecule is Cc1cc(C)c(C)c(OCC(=O)NCCOc2ccccc2C)c1. The third-order valence-electron chi connectivity index (χ3n) is 3.90. The van der Waals surface area contributed by atoms with E-state index >= 15 is 0 Å². The van der Waals surface area contributed by atoms with E-state index < -0.39 is 0 Å². The molecular weight excluding hydrogens is 302 g/mol. The minimum Gasteiger partial charge on any atom is -0.491 e. The van der Waals surface area contributed by atoms with Gasteiger partial charge in [-0.05, 0) is 62.1 Å². The number of nitrogens with one attached hydrogen (secondary N) is 1. The van der Waals surface area contributed by atoms with Crippen molar-refractivity contribution in [1.29, 1.82) is 0 Å². The molecule has 0 spiro atoms. The van der Waals surface area contributed by atoms with Gasteiger partial charge in [0.1, 0.15) is 18.1 Å². The largest absolute Gasteiger partial charge is 0.491 e. The van der Waals surface area contributed by atoms with Gasteiger partial charge in [-0.2, -0.15) is 0 Å². The van der Waals surface area contributed by atoms with Crippen molar-refractivity contribution < 1.29 is 14.3 Å². The molecule has 0 atom stereocenters. The number of rotatable bonds is 7. The molecule has 0 heterocycles. The second-order valence-electron chi connectivity index (χ2n) is 5.96. The van der Waals surface area contributed by atoms with Crippen LogP contribution in [-0.2, 0) is 4.79 Å². The molecule has 0 bridgehead atoms. The predicted octanol–water partition coefficient (Wildman–Crippen LogP) is 3.49. The Labute approximate surface area is 143 Å². The fraction of sp³-hybridized carbons (Fsp3) is 0.350. The fourth-order valence-corrected chi connectivity index (χ4v) is 2.41. The van der Waals surface area contributed by atoms with Crippen LogP contribution >= 0.6 is 0 Å². The summed E-state index contributed by atoms with van der Waals surface area (Å²) in [5, 5.41) is 2.80. The summed E-state index contributed by atoms with van der Waals surface area (Å²) in [6.45, 7) is 8.93. The Hall–Kier alpha value is -2.49. The van der Waals surface area contributed by atoms with Crippen LogP contribution in [0.3, 0.4) is 0 Å². The van der Waals surface area contributed by atoms with E-state index in [2.05, 4.69) is 11.4 Å². The highest BCUT2D eigenvalue weighted by Crippen LogP contribution is 2.23. The number of aryl methyl sites for hydroxylation is 3. The van der Waals surface area contributed by atoms with Gasteiger partial charge in [0.2, 0.25) is 0 Å². The Balaban J connectivity index is 1.73. The Morgan fingerprint density at radius 2 is 1.71 bits per heavy atom. The van der Waals surface area contributed by atoms with Gasteiger partial charge in [0.05, 0.1) is 6.54 Å². The van der Waals surface area contributed by atoms with Gasteiger partial charge >= 0.3 is 0 Å². The molecule has 0 unspecified atom stereocenters. The summed E-state index contributed by atoms with van der Waals surface area (Å²) in [6, 6.07) is 11.9. The summed E-state index contributed by atoms with van der Waals surface area (Å²) in [6.07, 6.45) is 0. The molecule has 1 amide bonds. The van der Waals surface area contributed by atoms with E-state index in [9.17, 15) is 4.79 Å². The van der Waals surface area contributed by atoms with Crippen molar-refractivity contribution >= 4 is 5.91 Å². The smallest absolute Gasteiger partial charge is 0.258 e. The van der Waals surface area contributed by atoms with E-state index in [0.29, 0.717) is 13.2 Å². The van der Waals surface area contributed by atoms with Crippen LogP contribution in [0.25, 0.3) is 0 Å². The molecule has 0 saturated heterocycles. The first-order valence-electron chi connectivity index (χ1n) is 8.13. The maximum Gasteiger partial charge on any atom is 0.258 e. The van der Waals surface area contributed by atoms with Crippen LogP contribution in [-0.4, -0.2) is 25.7 Å². The molecule has 0 fully saturated rings. The lowest BCUT2D eigenvalue weighted by molar-refractivity contribution is -0.123. The van der Waals surface area contributed by atoms with Crippen LogP contribution in [0.1, 0.15) is 22.3 Å². The first-order chi connectivity index (χ1) is 11.5. The number of para-hydroxylation sites is 1. The standard InChI is InChI=1S/C20H25NO3/c1-14-11-16(3)17(4)19(12-14)24-13-20(22)21-9-10-23-18-8-6-5-7-15(18)2/h5-8,11-12H,9-10,13H2,1-4H3,(H,21,22). The lowest BCUT2D eigenvalue weighted by Gasteiger charge is -2.13. The Kier molecular flexibility index (Phi) is 6.24. The zero-order valence-electron chi connectivity index (χ0n) is 14.8. The lowest BCUT2D eigenvalue weighted by atomic mass is 10.1. The average Bonchev–Trinajstić information content (AvgIpc) is 2.55. The molecule has 2 aromatic carbocycles. The molecular formula is C20H25NO3. The van der Waals surface area contributed by atoms with Crippen molar-refractivity contribution in [2.45, 2.75) is 27.7 Å². The Morgan fingerprint density at radius 3 is 2.46 bits per heavy atom. The van der Waals surface area contributed by atoms with Gasteiger partial charge in [-0.1, -0.05) is 24.3 Å². The van der Waals surface area contributed by atoms with Crippen LogP contribution in [0, 0.1) is 27.7 Å². The maximum absolute atomic E-state index is 11.9. The van der Waals surface area contributed by atoms with Crippen molar-refractivity contribution in [3.8, 4) is 11.5 Å². The van der Waals surface area contributed by atoms with Crippen LogP contribution in [0.4, 0.5) is 0 Å². The molecule has 24 heavy (non-hydrogen) atoms. The van der Waals surface area contributed by atoms with Crippen LogP contribution in [0.5, 0.6) is 11.5 Å². The van der Waals surface area contributed by atoms with E-state index in [0.717, 1.165) is 33.8 Å². The van der Waals surface area contributed by atoms with Gasteiger partial charge in [0.25, 0.3) is 5.91 Å². The van der Waals surface area contributed by atoms with E-state index in [-0.39, 0.29) is 12.5 Å². The molecule has 0 aliphatic rings. The van der Waals surface area contributed by atoms with Crippen molar-refractivity contribution in [1.82, 2.24) is 5.32 Å². The monoisotopic (exact) mass is 327 g/mol. The van der Waals surface area contributed by atoms with E-state index in [1.54, 1.807) is 0 Å². The molecule has 4 heteroatoms. The van der Waals surface area contributed by atoms with Crippen molar-refractivity contribution in [3.63, 3.8) is 0 Å². The number of benzene rings is 2. The van der Waals surface area contributed by atoms with Crippen molar-refractivity contribution in [2.24, 2.45) is 0 Å². The first-order valence-corrected chi connectivity index (χ1v) is 8.13. The second kappa shape index (κ2) is 8.39. The van der Waals surface area contributed by atoms with Crippen LogP contribution in [0.2, 0.25) is 0 Å². The van der Waals surface area contributed by atoms with Gasteiger partial charge in [-0.3, -0.25) is 4.79 Å². The quantitative estimate of drug-likeness (QED) is 0.792. The molecule has 128 valence electrons. The summed E-state index contributed by atoms with van der Waals surface area (Å²) in [5.41, 5.74) is 4.44. The molecule has 0 aliphatic carbocycles. The lowest BCUT2D eigenvalue weighted by Crippen LogP contribution is -2.32. The zero-order chi connectivity index (χ0) is 17.5. The molecule has 0 aliphatic heterocycles. The van der Waals surface area contributed by atoms with Gasteiger partial charge < -0.3 is 14.8 Å². The van der Waals surface area contributed by atoms with Crippen molar-refractivity contribution in [3.05, 3.63) is 58.7 Å². The number of carbonyl (C=O) groups excluding carboxylic acids is 1. The Morgan fingerprint density at radius 1 is 0.958 bits per heavy atom. The summed E-state index contributed by atoms with van der Waals surface area (Å²) in [5.74, 6) is 1.45. The number of amides is 1. The zero-order valence-corrected chi connectivity index (χ0v) is 14.8. The minimum absolute atomic E-state index is 0.00803. The van der Waals surface area contributed by atoms with E-state index in [1.165, 1.54) is 0 Å². The third kappa shape index (κ3) is 5.01. The number of hydrogen-bond donors (Lipinski definition) is 1. The molecule has 2 rings (SSSR count). The normalized spacial score (nSPS) is 10.3. The van der Waals surface area contributed by atoms with Gasteiger partial charge in [0.15, 0.2) is 6.61 Å². The molecule has 1 N–H and O–H groups in total. The highest BCUT2D eigenvalue weighted by molar-refractivity contribution is 5.77. The van der Waals surface area contributed by atoms with Crippen molar-refractivity contribution in [2.75, 3.05) is 19.8 Å². The van der Waals surface area contributed by atoms with Crippen LogP contribution < -0.4 is 14.8 Å². The minimum atomic E-state index is -0.151. The van der Waals surface area contributed by atoms with Gasteiger partial charge in [-0.25, -0.2) is 0 Å². The molecule has 0 aromatic heterocycles. The summed E-state index contributed by atoms with van der Waals surface area (Å²) in [7, 11) is 0. The summed E-state index contributed by atoms with van der Waals surface area (Å²) >= 11 is 0. The summed E-state index contributed by atoms with van der Waals surface area (Å²) in [4.78, 5) is 11.9. The van der Waals surface area contributed by atoms with Gasteiger partial charge in [0, 0.05) is 0 Å². The fourth-order valence-electron chi connectivity index (χ4n) is 2.41. The second-order valence-corrected chi connectivity index (χ2v) is 5.96. The topological polar surface area (TPSA) is 47.6 Å². The average molecular weight is 327 g/mol. The highest BCUT2D eigenvalue weighted by Gasteiger charge is 2.07. The highest BCUT2D eigenvalue weighted by atomic mass is 16.5. The maximum atomic E-state index is 11.9. The number of hydrogen-bond acceptors (Lipinski definition) is 3. The Bertz CT molecular complexity index is 710. The number of ether oxygens (including phenoxy) is 2. The molecule has 0 radical (unpaired) electrons. The summed E-state index contributed by atoms with van der Waals surface area (Å²) < 4.78 is 11.3. The van der Waals surface area contributed by atoms with Crippen LogP contribution in [0.15, 0.2) is 36.4 Å². The molecule has 0 saturated carbocycles. The number of carbonyl (C=O) groups is 1. The first kappa shape index (κ1) is 17.9. The predicted molar refractivity (Wildman–Crippen MR) is 95.8 cm³/mol. The third-order valence-corrected chi connectivity index (χ3v) is 3.90. The van der Waals surface area contributed by atoms with E-state index in [1.807, 2.05) is 58.0 Å².